The fourth-order valence-corrected chi connectivity index (χ4v) is 4.58. The zero-order valence-corrected chi connectivity index (χ0v) is 13.8. The molecule has 1 aromatic carbocycles. The van der Waals surface area contributed by atoms with Crippen molar-refractivity contribution in [3.05, 3.63) is 22.7 Å². The van der Waals surface area contributed by atoms with Gasteiger partial charge in [0.25, 0.3) is 0 Å². The average Bonchev–Trinajstić information content (AvgIpc) is 2.95. The number of hydrogen-bond donors (Lipinski definition) is 1. The second-order valence-corrected chi connectivity index (χ2v) is 7.40. The van der Waals surface area contributed by atoms with E-state index in [2.05, 4.69) is 21.2 Å². The Morgan fingerprint density at radius 3 is 2.70 bits per heavy atom. The molecule has 1 heterocycles. The molecule has 1 N–H and O–H groups in total. The molecule has 112 valence electrons. The molecule has 0 amide bonds. The van der Waals surface area contributed by atoms with Gasteiger partial charge in [0.2, 0.25) is 10.0 Å². The number of halogens is 1. The van der Waals surface area contributed by atoms with Crippen LogP contribution in [0.15, 0.2) is 27.6 Å². The van der Waals surface area contributed by atoms with Crippen LogP contribution in [-0.4, -0.2) is 46.1 Å². The largest absolute Gasteiger partial charge is 0.383 e. The van der Waals surface area contributed by atoms with Crippen molar-refractivity contribution >= 4 is 31.6 Å². The summed E-state index contributed by atoms with van der Waals surface area (Å²) in [6, 6.07) is 5.22. The number of sulfonamides is 1. The van der Waals surface area contributed by atoms with Gasteiger partial charge in [0, 0.05) is 31.2 Å². The Bertz CT molecular complexity index is 557. The highest BCUT2D eigenvalue weighted by Gasteiger charge is 2.29. The Kier molecular flexibility index (Phi) is 5.42. The van der Waals surface area contributed by atoms with Crippen LogP contribution >= 0.6 is 15.9 Å². The summed E-state index contributed by atoms with van der Waals surface area (Å²) in [5.41, 5.74) is 0.608. The number of para-hydroxylation sites is 1. The van der Waals surface area contributed by atoms with Crippen LogP contribution in [-0.2, 0) is 14.8 Å². The quantitative estimate of drug-likeness (QED) is 0.788. The molecule has 1 fully saturated rings. The topological polar surface area (TPSA) is 58.6 Å². The van der Waals surface area contributed by atoms with Gasteiger partial charge in [-0.25, -0.2) is 8.42 Å². The Hall–Kier alpha value is -0.630. The molecule has 7 heteroatoms. The summed E-state index contributed by atoms with van der Waals surface area (Å²) >= 11 is 3.41. The fraction of sp³-hybridized carbons (Fsp3) is 0.538. The second-order valence-electron chi connectivity index (χ2n) is 4.64. The zero-order valence-electron chi connectivity index (χ0n) is 11.4. The van der Waals surface area contributed by atoms with Gasteiger partial charge >= 0.3 is 0 Å². The minimum absolute atomic E-state index is 0.324. The highest BCUT2D eigenvalue weighted by Crippen LogP contribution is 2.32. The molecule has 0 unspecified atom stereocenters. The Morgan fingerprint density at radius 1 is 1.35 bits per heavy atom. The molecule has 0 spiro atoms. The van der Waals surface area contributed by atoms with Crippen molar-refractivity contribution < 1.29 is 13.2 Å². The molecular formula is C13H19BrN2O3S. The van der Waals surface area contributed by atoms with E-state index in [1.807, 2.05) is 6.07 Å². The molecule has 1 aliphatic rings. The summed E-state index contributed by atoms with van der Waals surface area (Å²) in [6.07, 6.45) is 1.86. The van der Waals surface area contributed by atoms with Crippen LogP contribution in [0.4, 0.5) is 5.69 Å². The first kappa shape index (κ1) is 15.8. The van der Waals surface area contributed by atoms with E-state index in [0.29, 0.717) is 36.8 Å². The molecule has 5 nitrogen and oxygen atoms in total. The molecule has 0 radical (unpaired) electrons. The number of nitrogens with one attached hydrogen (secondary N) is 1. The van der Waals surface area contributed by atoms with Crippen molar-refractivity contribution in [3.63, 3.8) is 0 Å². The van der Waals surface area contributed by atoms with Crippen molar-refractivity contribution in [1.82, 2.24) is 4.31 Å². The summed E-state index contributed by atoms with van der Waals surface area (Å²) in [5.74, 6) is 0. The average molecular weight is 363 g/mol. The van der Waals surface area contributed by atoms with Crippen molar-refractivity contribution in [3.8, 4) is 0 Å². The van der Waals surface area contributed by atoms with E-state index >= 15 is 0 Å². The number of anilines is 1. The third kappa shape index (κ3) is 3.33. The number of methoxy groups -OCH3 is 1. The van der Waals surface area contributed by atoms with Crippen molar-refractivity contribution in [1.29, 1.82) is 0 Å². The first-order valence-electron chi connectivity index (χ1n) is 6.59. The standard InChI is InChI=1S/C13H19BrN2O3S/c1-19-10-7-15-13-11(14)5-4-6-12(13)20(17,18)16-8-2-3-9-16/h4-6,15H,2-3,7-10H2,1H3. The lowest BCUT2D eigenvalue weighted by molar-refractivity contribution is 0.210. The van der Waals surface area contributed by atoms with Crippen LogP contribution in [0.3, 0.4) is 0 Å². The molecular weight excluding hydrogens is 344 g/mol. The zero-order chi connectivity index (χ0) is 14.6. The molecule has 1 aromatic rings. The van der Waals surface area contributed by atoms with Crippen LogP contribution in [0, 0.1) is 0 Å². The SMILES string of the molecule is COCCNc1c(Br)cccc1S(=O)(=O)N1CCCC1. The normalized spacial score (nSPS) is 16.5. The van der Waals surface area contributed by atoms with E-state index in [0.717, 1.165) is 17.3 Å². The minimum atomic E-state index is -3.43. The highest BCUT2D eigenvalue weighted by molar-refractivity contribution is 9.10. The maximum Gasteiger partial charge on any atom is 0.245 e. The van der Waals surface area contributed by atoms with Crippen LogP contribution < -0.4 is 5.32 Å². The van der Waals surface area contributed by atoms with Gasteiger partial charge in [0.1, 0.15) is 4.90 Å². The fourth-order valence-electron chi connectivity index (χ4n) is 2.24. The molecule has 1 aliphatic heterocycles. The van der Waals surface area contributed by atoms with Gasteiger partial charge in [0.05, 0.1) is 12.3 Å². The van der Waals surface area contributed by atoms with E-state index in [-0.39, 0.29) is 0 Å². The van der Waals surface area contributed by atoms with E-state index in [4.69, 9.17) is 4.74 Å². The maximum absolute atomic E-state index is 12.7. The molecule has 2 rings (SSSR count). The predicted octanol–water partition coefficient (Wildman–Crippen LogP) is 2.29. The third-order valence-electron chi connectivity index (χ3n) is 3.27. The van der Waals surface area contributed by atoms with Crippen molar-refractivity contribution in [2.24, 2.45) is 0 Å². The van der Waals surface area contributed by atoms with Crippen LogP contribution in [0.25, 0.3) is 0 Å². The van der Waals surface area contributed by atoms with E-state index in [9.17, 15) is 8.42 Å². The Labute approximate surface area is 128 Å². The lowest BCUT2D eigenvalue weighted by atomic mass is 10.3. The summed E-state index contributed by atoms with van der Waals surface area (Å²) < 4.78 is 32.6. The Morgan fingerprint density at radius 2 is 2.05 bits per heavy atom. The van der Waals surface area contributed by atoms with E-state index < -0.39 is 10.0 Å². The molecule has 0 atom stereocenters. The van der Waals surface area contributed by atoms with Gasteiger partial charge in [-0.3, -0.25) is 0 Å². The van der Waals surface area contributed by atoms with Gasteiger partial charge in [0.15, 0.2) is 0 Å². The number of nitrogens with zero attached hydrogens (tertiary/aromatic N) is 1. The molecule has 20 heavy (non-hydrogen) atoms. The molecule has 0 aromatic heterocycles. The van der Waals surface area contributed by atoms with E-state index in [1.54, 1.807) is 23.5 Å². The van der Waals surface area contributed by atoms with Crippen molar-refractivity contribution in [2.45, 2.75) is 17.7 Å². The summed E-state index contributed by atoms with van der Waals surface area (Å²) in [4.78, 5) is 0.324. The first-order chi connectivity index (χ1) is 9.57. The van der Waals surface area contributed by atoms with Gasteiger partial charge in [-0.05, 0) is 40.9 Å². The number of rotatable bonds is 6. The Balaban J connectivity index is 2.32. The molecule has 1 saturated heterocycles. The van der Waals surface area contributed by atoms with Crippen LogP contribution in [0.1, 0.15) is 12.8 Å². The highest BCUT2D eigenvalue weighted by atomic mass is 79.9. The summed E-state index contributed by atoms with van der Waals surface area (Å²) in [5, 5.41) is 3.13. The number of hydrogen-bond acceptors (Lipinski definition) is 4. The van der Waals surface area contributed by atoms with E-state index in [1.165, 1.54) is 0 Å². The first-order valence-corrected chi connectivity index (χ1v) is 8.82. The smallest absolute Gasteiger partial charge is 0.245 e. The van der Waals surface area contributed by atoms with Crippen LogP contribution in [0.2, 0.25) is 0 Å². The molecule has 0 aliphatic carbocycles. The van der Waals surface area contributed by atoms with Gasteiger partial charge in [-0.2, -0.15) is 4.31 Å². The lowest BCUT2D eigenvalue weighted by Gasteiger charge is -2.19. The number of ether oxygens (including phenoxy) is 1. The van der Waals surface area contributed by atoms with Gasteiger partial charge < -0.3 is 10.1 Å². The molecule has 0 bridgehead atoms. The van der Waals surface area contributed by atoms with Crippen molar-refractivity contribution in [2.75, 3.05) is 38.7 Å². The minimum Gasteiger partial charge on any atom is -0.383 e. The lowest BCUT2D eigenvalue weighted by Crippen LogP contribution is -2.28. The summed E-state index contributed by atoms with van der Waals surface area (Å²) in [7, 11) is -1.81. The van der Waals surface area contributed by atoms with Gasteiger partial charge in [-0.1, -0.05) is 6.07 Å². The molecule has 0 saturated carbocycles. The van der Waals surface area contributed by atoms with Gasteiger partial charge in [-0.15, -0.1) is 0 Å². The maximum atomic E-state index is 12.7. The predicted molar refractivity (Wildman–Crippen MR) is 82.5 cm³/mol. The summed E-state index contributed by atoms with van der Waals surface area (Å²) in [6.45, 7) is 2.28. The number of benzene rings is 1. The second kappa shape index (κ2) is 6.89. The van der Waals surface area contributed by atoms with Crippen LogP contribution in [0.5, 0.6) is 0 Å². The monoisotopic (exact) mass is 362 g/mol. The third-order valence-corrected chi connectivity index (χ3v) is 5.87.